The first-order valence-electron chi connectivity index (χ1n) is 11.6. The Labute approximate surface area is 182 Å². The fraction of sp³-hybridized carbons (Fsp3) is 0.519. The summed E-state index contributed by atoms with van der Waals surface area (Å²) in [7, 11) is 0. The van der Waals surface area contributed by atoms with Crippen LogP contribution in [0.15, 0.2) is 48.5 Å². The van der Waals surface area contributed by atoms with Gasteiger partial charge in [-0.15, -0.1) is 0 Å². The van der Waals surface area contributed by atoms with E-state index in [0.717, 1.165) is 36.9 Å². The van der Waals surface area contributed by atoms with E-state index in [0.29, 0.717) is 6.54 Å². The molecule has 0 saturated carbocycles. The van der Waals surface area contributed by atoms with Gasteiger partial charge < -0.3 is 4.74 Å². The number of hydrogen-bond donors (Lipinski definition) is 0. The van der Waals surface area contributed by atoms with Crippen molar-refractivity contribution in [1.29, 1.82) is 0 Å². The summed E-state index contributed by atoms with van der Waals surface area (Å²) in [6.07, 6.45) is 12.8. The fourth-order valence-electron chi connectivity index (χ4n) is 4.16. The van der Waals surface area contributed by atoms with E-state index in [1.165, 1.54) is 42.9 Å². The maximum Gasteiger partial charge on any atom is 0.414 e. The fourth-order valence-corrected chi connectivity index (χ4v) is 4.16. The Balaban J connectivity index is 2.02. The smallest absolute Gasteiger partial charge is 0.414 e. The van der Waals surface area contributed by atoms with E-state index in [4.69, 9.17) is 4.74 Å². The van der Waals surface area contributed by atoms with Gasteiger partial charge >= 0.3 is 6.09 Å². The quantitative estimate of drug-likeness (QED) is 0.480. The van der Waals surface area contributed by atoms with Gasteiger partial charge in [0.15, 0.2) is 0 Å². The number of amides is 1. The van der Waals surface area contributed by atoms with Gasteiger partial charge in [0.05, 0.1) is 5.70 Å². The second kappa shape index (κ2) is 10.7. The molecule has 162 valence electrons. The highest BCUT2D eigenvalue weighted by atomic mass is 16.6. The van der Waals surface area contributed by atoms with Gasteiger partial charge in [0.2, 0.25) is 0 Å². The minimum absolute atomic E-state index is 0.239. The van der Waals surface area contributed by atoms with Crippen LogP contribution in [0, 0.1) is 0 Å². The lowest BCUT2D eigenvalue weighted by atomic mass is 10.00. The third kappa shape index (κ3) is 6.35. The minimum Gasteiger partial charge on any atom is -0.443 e. The van der Waals surface area contributed by atoms with Crippen LogP contribution in [0.2, 0.25) is 0 Å². The number of fused-ring (bicyclic) bond motifs is 1. The lowest BCUT2D eigenvalue weighted by Gasteiger charge is -2.30. The molecule has 1 aliphatic rings. The van der Waals surface area contributed by atoms with Crippen molar-refractivity contribution >= 4 is 22.6 Å². The molecule has 0 aliphatic carbocycles. The van der Waals surface area contributed by atoms with Crippen LogP contribution in [0.3, 0.4) is 0 Å². The minimum atomic E-state index is -0.512. The van der Waals surface area contributed by atoms with Gasteiger partial charge in [-0.3, -0.25) is 4.90 Å². The second-order valence-electron chi connectivity index (χ2n) is 9.37. The SMILES string of the molecule is CC(C)(C)OC(=O)N1CCCCCCCCCC/C=C/1c1cccc2ccccc12. The van der Waals surface area contributed by atoms with Crippen molar-refractivity contribution in [3.8, 4) is 0 Å². The molecule has 2 aromatic rings. The van der Waals surface area contributed by atoms with Crippen LogP contribution in [-0.4, -0.2) is 23.1 Å². The van der Waals surface area contributed by atoms with Crippen molar-refractivity contribution in [2.45, 2.75) is 84.2 Å². The third-order valence-corrected chi connectivity index (χ3v) is 5.64. The van der Waals surface area contributed by atoms with E-state index in [9.17, 15) is 4.79 Å². The van der Waals surface area contributed by atoms with Crippen molar-refractivity contribution in [3.63, 3.8) is 0 Å². The second-order valence-corrected chi connectivity index (χ2v) is 9.37. The molecule has 3 rings (SSSR count). The van der Waals surface area contributed by atoms with Gasteiger partial charge in [0.25, 0.3) is 0 Å². The molecule has 3 nitrogen and oxygen atoms in total. The van der Waals surface area contributed by atoms with Crippen LogP contribution >= 0.6 is 0 Å². The molecular weight excluding hydrogens is 370 g/mol. The Morgan fingerprint density at radius 2 is 1.47 bits per heavy atom. The van der Waals surface area contributed by atoms with Crippen LogP contribution in [0.4, 0.5) is 4.79 Å². The monoisotopic (exact) mass is 407 g/mol. The molecule has 2 aromatic carbocycles. The predicted octanol–water partition coefficient (Wildman–Crippen LogP) is 7.94. The number of nitrogens with zero attached hydrogens (tertiary/aromatic N) is 1. The largest absolute Gasteiger partial charge is 0.443 e. The molecule has 0 spiro atoms. The van der Waals surface area contributed by atoms with Crippen LogP contribution in [0.25, 0.3) is 16.5 Å². The first-order valence-corrected chi connectivity index (χ1v) is 11.6. The molecule has 0 atom stereocenters. The molecule has 0 radical (unpaired) electrons. The van der Waals surface area contributed by atoms with Crippen LogP contribution < -0.4 is 0 Å². The zero-order valence-corrected chi connectivity index (χ0v) is 19.0. The zero-order chi connectivity index (χ0) is 21.4. The van der Waals surface area contributed by atoms with Gasteiger partial charge in [-0.2, -0.15) is 0 Å². The molecule has 0 N–H and O–H groups in total. The van der Waals surface area contributed by atoms with E-state index in [2.05, 4.69) is 48.5 Å². The Kier molecular flexibility index (Phi) is 7.95. The Morgan fingerprint density at radius 3 is 2.20 bits per heavy atom. The van der Waals surface area contributed by atoms with Crippen LogP contribution in [0.5, 0.6) is 0 Å². The van der Waals surface area contributed by atoms with Crippen molar-refractivity contribution in [2.75, 3.05) is 6.54 Å². The summed E-state index contributed by atoms with van der Waals surface area (Å²) in [6, 6.07) is 14.8. The molecule has 1 amide bonds. The summed E-state index contributed by atoms with van der Waals surface area (Å²) >= 11 is 0. The Morgan fingerprint density at radius 1 is 0.833 bits per heavy atom. The summed E-state index contributed by atoms with van der Waals surface area (Å²) in [4.78, 5) is 15.2. The van der Waals surface area contributed by atoms with Gasteiger partial charge in [0.1, 0.15) is 5.60 Å². The maximum atomic E-state index is 13.3. The summed E-state index contributed by atoms with van der Waals surface area (Å²) in [5.74, 6) is 0. The highest BCUT2D eigenvalue weighted by Crippen LogP contribution is 2.30. The number of hydrogen-bond acceptors (Lipinski definition) is 2. The van der Waals surface area contributed by atoms with E-state index in [-0.39, 0.29) is 6.09 Å². The lowest BCUT2D eigenvalue weighted by molar-refractivity contribution is 0.0351. The van der Waals surface area contributed by atoms with Gasteiger partial charge in [-0.1, -0.05) is 87.1 Å². The Hall–Kier alpha value is -2.29. The molecule has 0 aromatic heterocycles. The first-order chi connectivity index (χ1) is 14.5. The summed E-state index contributed by atoms with van der Waals surface area (Å²) in [5.41, 5.74) is 1.61. The van der Waals surface area contributed by atoms with Crippen molar-refractivity contribution in [3.05, 3.63) is 54.1 Å². The third-order valence-electron chi connectivity index (χ3n) is 5.64. The Bertz CT molecular complexity index is 857. The zero-order valence-electron chi connectivity index (χ0n) is 19.0. The number of rotatable bonds is 1. The molecule has 0 unspecified atom stereocenters. The summed E-state index contributed by atoms with van der Waals surface area (Å²) in [5, 5.41) is 2.38. The van der Waals surface area contributed by atoms with E-state index in [1.54, 1.807) is 0 Å². The standard InChI is InChI=1S/C27H37NO2/c1-27(2,3)30-26(29)28-21-14-10-8-6-4-5-7-9-11-20-25(28)24-19-15-17-22-16-12-13-18-23(22)24/h12-13,15-20H,4-11,14,21H2,1-3H3/b25-20+. The molecular formula is C27H37NO2. The molecule has 0 bridgehead atoms. The molecule has 3 heteroatoms. The van der Waals surface area contributed by atoms with Crippen LogP contribution in [0.1, 0.15) is 84.1 Å². The van der Waals surface area contributed by atoms with Gasteiger partial charge in [-0.25, -0.2) is 4.79 Å². The van der Waals surface area contributed by atoms with Crippen molar-refractivity contribution < 1.29 is 9.53 Å². The number of carbonyl (C=O) groups is 1. The topological polar surface area (TPSA) is 29.5 Å². The maximum absolute atomic E-state index is 13.3. The summed E-state index contributed by atoms with van der Waals surface area (Å²) < 4.78 is 5.84. The number of allylic oxidation sites excluding steroid dienone is 1. The lowest BCUT2D eigenvalue weighted by Crippen LogP contribution is -2.36. The average molecular weight is 408 g/mol. The molecule has 0 saturated heterocycles. The molecule has 1 heterocycles. The van der Waals surface area contributed by atoms with Crippen molar-refractivity contribution in [1.82, 2.24) is 4.90 Å². The summed E-state index contributed by atoms with van der Waals surface area (Å²) in [6.45, 7) is 6.51. The van der Waals surface area contributed by atoms with E-state index < -0.39 is 5.60 Å². The molecule has 30 heavy (non-hydrogen) atoms. The number of carbonyl (C=O) groups excluding carboxylic acids is 1. The normalized spacial score (nSPS) is 19.2. The predicted molar refractivity (Wildman–Crippen MR) is 126 cm³/mol. The van der Waals surface area contributed by atoms with E-state index >= 15 is 0 Å². The van der Waals surface area contributed by atoms with Gasteiger partial charge in [0, 0.05) is 12.1 Å². The first kappa shape index (κ1) is 22.4. The van der Waals surface area contributed by atoms with Crippen molar-refractivity contribution in [2.24, 2.45) is 0 Å². The van der Waals surface area contributed by atoms with Crippen LogP contribution in [-0.2, 0) is 4.74 Å². The number of ether oxygens (including phenoxy) is 1. The highest BCUT2D eigenvalue weighted by Gasteiger charge is 2.26. The highest BCUT2D eigenvalue weighted by molar-refractivity contribution is 5.96. The average Bonchev–Trinajstić information content (AvgIpc) is 2.73. The molecule has 1 aliphatic heterocycles. The van der Waals surface area contributed by atoms with E-state index in [1.807, 2.05) is 25.7 Å². The molecule has 0 fully saturated rings. The van der Waals surface area contributed by atoms with Gasteiger partial charge in [-0.05, 0) is 50.8 Å². The number of benzene rings is 2.